The fourth-order valence-electron chi connectivity index (χ4n) is 1.39. The second-order valence-electron chi connectivity index (χ2n) is 4.54. The lowest BCUT2D eigenvalue weighted by Crippen LogP contribution is -2.43. The van der Waals surface area contributed by atoms with Gasteiger partial charge in [-0.15, -0.1) is 0 Å². The monoisotopic (exact) mass is 312 g/mol. The molecule has 0 spiro atoms. The van der Waals surface area contributed by atoms with E-state index in [-0.39, 0.29) is 30.7 Å². The minimum absolute atomic E-state index is 0.00279. The highest BCUT2D eigenvalue weighted by Gasteiger charge is 2.10. The Balaban J connectivity index is 2.33. The Morgan fingerprint density at radius 2 is 1.86 bits per heavy atom. The first-order valence-electron chi connectivity index (χ1n) is 6.34. The molecule has 3 N–H and O–H groups in total. The summed E-state index contributed by atoms with van der Waals surface area (Å²) in [6.45, 7) is 3.25. The molecule has 0 aliphatic rings. The van der Waals surface area contributed by atoms with Gasteiger partial charge >= 0.3 is 0 Å². The summed E-state index contributed by atoms with van der Waals surface area (Å²) in [6, 6.07) is 2.94. The standard InChI is InChI=1S/C13H17ClN4O3/c1-8(2)18-12(20)7-16-11(19)6-17-13(21)10-5-9(14)3-4-15-10/h3-5,8H,6-7H2,1-2H3,(H,16,19)(H,17,21)(H,18,20). The molecule has 0 saturated carbocycles. The maximum Gasteiger partial charge on any atom is 0.270 e. The van der Waals surface area contributed by atoms with Crippen molar-refractivity contribution in [2.45, 2.75) is 19.9 Å². The van der Waals surface area contributed by atoms with Gasteiger partial charge < -0.3 is 16.0 Å². The number of pyridine rings is 1. The van der Waals surface area contributed by atoms with Gasteiger partial charge in [0, 0.05) is 17.3 Å². The molecular formula is C13H17ClN4O3. The number of amides is 3. The third-order valence-corrected chi connectivity index (χ3v) is 2.49. The fraction of sp³-hybridized carbons (Fsp3) is 0.385. The lowest BCUT2D eigenvalue weighted by molar-refractivity contribution is -0.125. The van der Waals surface area contributed by atoms with Crippen molar-refractivity contribution in [1.29, 1.82) is 0 Å². The van der Waals surface area contributed by atoms with E-state index in [1.165, 1.54) is 12.3 Å². The highest BCUT2D eigenvalue weighted by atomic mass is 35.5. The van der Waals surface area contributed by atoms with Gasteiger partial charge in [-0.05, 0) is 26.0 Å². The number of carbonyl (C=O) groups is 3. The minimum Gasteiger partial charge on any atom is -0.352 e. The Morgan fingerprint density at radius 3 is 2.48 bits per heavy atom. The van der Waals surface area contributed by atoms with Crippen LogP contribution in [0.4, 0.5) is 0 Å². The average Bonchev–Trinajstić information content (AvgIpc) is 2.41. The summed E-state index contributed by atoms with van der Waals surface area (Å²) in [6.07, 6.45) is 1.40. The topological polar surface area (TPSA) is 100 Å². The van der Waals surface area contributed by atoms with E-state index in [1.54, 1.807) is 6.07 Å². The first-order valence-corrected chi connectivity index (χ1v) is 6.72. The lowest BCUT2D eigenvalue weighted by Gasteiger charge is -2.09. The normalized spacial score (nSPS) is 10.1. The Hall–Kier alpha value is -2.15. The molecular weight excluding hydrogens is 296 g/mol. The van der Waals surface area contributed by atoms with Gasteiger partial charge in [0.15, 0.2) is 0 Å². The van der Waals surface area contributed by atoms with Crippen LogP contribution in [0, 0.1) is 0 Å². The van der Waals surface area contributed by atoms with E-state index < -0.39 is 11.8 Å². The minimum atomic E-state index is -0.515. The van der Waals surface area contributed by atoms with Crippen LogP contribution >= 0.6 is 11.6 Å². The summed E-state index contributed by atoms with van der Waals surface area (Å²) >= 11 is 5.73. The number of rotatable bonds is 6. The summed E-state index contributed by atoms with van der Waals surface area (Å²) in [4.78, 5) is 38.3. The third-order valence-electron chi connectivity index (χ3n) is 2.26. The van der Waals surface area contributed by atoms with Gasteiger partial charge in [-0.2, -0.15) is 0 Å². The van der Waals surface area contributed by atoms with Crippen LogP contribution < -0.4 is 16.0 Å². The van der Waals surface area contributed by atoms with Gasteiger partial charge in [-0.1, -0.05) is 11.6 Å². The molecule has 0 atom stereocenters. The molecule has 0 unspecified atom stereocenters. The number of nitrogens with one attached hydrogen (secondary N) is 3. The summed E-state index contributed by atoms with van der Waals surface area (Å²) in [5.41, 5.74) is 0.118. The molecule has 1 heterocycles. The van der Waals surface area contributed by atoms with E-state index in [4.69, 9.17) is 11.6 Å². The van der Waals surface area contributed by atoms with Gasteiger partial charge in [0.05, 0.1) is 13.1 Å². The molecule has 3 amide bonds. The molecule has 8 heteroatoms. The molecule has 114 valence electrons. The molecule has 7 nitrogen and oxygen atoms in total. The number of hydrogen-bond acceptors (Lipinski definition) is 4. The fourth-order valence-corrected chi connectivity index (χ4v) is 1.55. The Labute approximate surface area is 127 Å². The Morgan fingerprint density at radius 1 is 1.19 bits per heavy atom. The van der Waals surface area contributed by atoms with Crippen molar-refractivity contribution >= 4 is 29.3 Å². The van der Waals surface area contributed by atoms with Gasteiger partial charge in [-0.3, -0.25) is 19.4 Å². The molecule has 1 aromatic rings. The SMILES string of the molecule is CC(C)NC(=O)CNC(=O)CNC(=O)c1cc(Cl)ccn1. The number of halogens is 1. The van der Waals surface area contributed by atoms with Crippen molar-refractivity contribution in [2.75, 3.05) is 13.1 Å². The highest BCUT2D eigenvalue weighted by molar-refractivity contribution is 6.30. The molecule has 0 fully saturated rings. The molecule has 0 bridgehead atoms. The number of hydrogen-bond donors (Lipinski definition) is 3. The number of carbonyl (C=O) groups excluding carboxylic acids is 3. The molecule has 0 radical (unpaired) electrons. The average molecular weight is 313 g/mol. The second kappa shape index (κ2) is 8.21. The zero-order valence-corrected chi connectivity index (χ0v) is 12.5. The maximum atomic E-state index is 11.7. The van der Waals surface area contributed by atoms with Crippen LogP contribution in [0.5, 0.6) is 0 Å². The van der Waals surface area contributed by atoms with Crippen LogP contribution in [-0.2, 0) is 9.59 Å². The largest absolute Gasteiger partial charge is 0.352 e. The summed E-state index contributed by atoms with van der Waals surface area (Å²) < 4.78 is 0. The van der Waals surface area contributed by atoms with Gasteiger partial charge in [0.2, 0.25) is 11.8 Å². The number of nitrogens with zero attached hydrogens (tertiary/aromatic N) is 1. The van der Waals surface area contributed by atoms with Gasteiger partial charge in [0.25, 0.3) is 5.91 Å². The summed E-state index contributed by atoms with van der Waals surface area (Å²) in [7, 11) is 0. The van der Waals surface area contributed by atoms with Crippen molar-refractivity contribution in [3.63, 3.8) is 0 Å². The van der Waals surface area contributed by atoms with Crippen molar-refractivity contribution in [3.8, 4) is 0 Å². The lowest BCUT2D eigenvalue weighted by atomic mass is 10.3. The highest BCUT2D eigenvalue weighted by Crippen LogP contribution is 2.07. The van der Waals surface area contributed by atoms with Crippen LogP contribution in [0.25, 0.3) is 0 Å². The summed E-state index contributed by atoms with van der Waals surface area (Å²) in [5, 5.41) is 7.79. The zero-order chi connectivity index (χ0) is 15.8. The van der Waals surface area contributed by atoms with E-state index in [9.17, 15) is 14.4 Å². The molecule has 0 aromatic carbocycles. The smallest absolute Gasteiger partial charge is 0.270 e. The predicted molar refractivity (Wildman–Crippen MR) is 77.9 cm³/mol. The van der Waals surface area contributed by atoms with E-state index in [0.29, 0.717) is 5.02 Å². The Bertz CT molecular complexity index is 534. The molecule has 0 saturated heterocycles. The quantitative estimate of drug-likeness (QED) is 0.694. The predicted octanol–water partition coefficient (Wildman–Crippen LogP) is 0.106. The van der Waals surface area contributed by atoms with Crippen LogP contribution in [-0.4, -0.2) is 41.8 Å². The first kappa shape index (κ1) is 16.9. The van der Waals surface area contributed by atoms with Crippen LogP contribution in [0.2, 0.25) is 5.02 Å². The molecule has 21 heavy (non-hydrogen) atoms. The van der Waals surface area contributed by atoms with Crippen LogP contribution in [0.15, 0.2) is 18.3 Å². The summed E-state index contributed by atoms with van der Waals surface area (Å²) in [5.74, 6) is -1.27. The zero-order valence-electron chi connectivity index (χ0n) is 11.8. The van der Waals surface area contributed by atoms with Crippen molar-refractivity contribution in [1.82, 2.24) is 20.9 Å². The number of aromatic nitrogens is 1. The van der Waals surface area contributed by atoms with E-state index in [2.05, 4.69) is 20.9 Å². The van der Waals surface area contributed by atoms with Crippen LogP contribution in [0.1, 0.15) is 24.3 Å². The second-order valence-corrected chi connectivity index (χ2v) is 4.98. The van der Waals surface area contributed by atoms with E-state index >= 15 is 0 Å². The van der Waals surface area contributed by atoms with Gasteiger partial charge in [0.1, 0.15) is 5.69 Å². The maximum absolute atomic E-state index is 11.7. The molecule has 1 aromatic heterocycles. The first-order chi connectivity index (χ1) is 9.88. The van der Waals surface area contributed by atoms with Gasteiger partial charge in [-0.25, -0.2) is 0 Å². The van der Waals surface area contributed by atoms with E-state index in [1.807, 2.05) is 13.8 Å². The third kappa shape index (κ3) is 6.71. The Kier molecular flexibility index (Phi) is 6.61. The van der Waals surface area contributed by atoms with Crippen molar-refractivity contribution in [2.24, 2.45) is 0 Å². The van der Waals surface area contributed by atoms with Crippen LogP contribution in [0.3, 0.4) is 0 Å². The molecule has 1 rings (SSSR count). The van der Waals surface area contributed by atoms with E-state index in [0.717, 1.165) is 0 Å². The molecule has 0 aliphatic carbocycles. The molecule has 0 aliphatic heterocycles. The van der Waals surface area contributed by atoms with Crippen molar-refractivity contribution < 1.29 is 14.4 Å². The van der Waals surface area contributed by atoms with Crippen molar-refractivity contribution in [3.05, 3.63) is 29.0 Å².